The number of benzene rings is 5. The Morgan fingerprint density at radius 2 is 1.17 bits per heavy atom. The molecule has 0 amide bonds. The second-order valence-corrected chi connectivity index (χ2v) is 11.5. The summed E-state index contributed by atoms with van der Waals surface area (Å²) in [6.07, 6.45) is 6.43. The zero-order valence-corrected chi connectivity index (χ0v) is 23.0. The van der Waals surface area contributed by atoms with E-state index in [0.29, 0.717) is 11.5 Å². The molecule has 4 heteroatoms. The Bertz CT molecular complexity index is 1790. The van der Waals surface area contributed by atoms with Crippen molar-refractivity contribution in [2.45, 2.75) is 38.0 Å². The highest BCUT2D eigenvalue weighted by atomic mass is 15.2. The van der Waals surface area contributed by atoms with E-state index in [0.717, 1.165) is 11.4 Å². The molecule has 3 nitrogen and oxygen atoms in total. The normalized spacial score (nSPS) is 15.5. The first-order valence-corrected chi connectivity index (χ1v) is 14.8. The molecule has 0 bridgehead atoms. The maximum Gasteiger partial charge on any atom is 0.252 e. The average molecular weight is 527 g/mol. The molecule has 1 saturated carbocycles. The van der Waals surface area contributed by atoms with Crippen molar-refractivity contribution >= 4 is 57.2 Å². The molecular weight excluding hydrogens is 497 g/mol. The summed E-state index contributed by atoms with van der Waals surface area (Å²) in [5.41, 5.74) is 13.1. The molecular formula is C37H30BN3. The first-order chi connectivity index (χ1) is 20.3. The molecule has 8 rings (SSSR count). The zero-order chi connectivity index (χ0) is 27.3. The molecule has 0 atom stereocenters. The van der Waals surface area contributed by atoms with Crippen LogP contribution >= 0.6 is 0 Å². The van der Waals surface area contributed by atoms with Gasteiger partial charge in [0.25, 0.3) is 6.71 Å². The van der Waals surface area contributed by atoms with Gasteiger partial charge in [-0.25, -0.2) is 0 Å². The molecule has 2 heterocycles. The fourth-order valence-corrected chi connectivity index (χ4v) is 7.42. The summed E-state index contributed by atoms with van der Waals surface area (Å²) in [6, 6.07) is 44.0. The van der Waals surface area contributed by atoms with Crippen molar-refractivity contribution in [1.82, 2.24) is 0 Å². The maximum atomic E-state index is 9.94. The summed E-state index contributed by atoms with van der Waals surface area (Å²) in [7, 11) is 0. The number of hydrogen-bond acceptors (Lipinski definition) is 3. The van der Waals surface area contributed by atoms with Crippen molar-refractivity contribution in [2.75, 3.05) is 9.80 Å². The molecule has 1 aliphatic carbocycles. The fraction of sp³-hybridized carbons (Fsp3) is 0.162. The fourth-order valence-electron chi connectivity index (χ4n) is 7.42. The van der Waals surface area contributed by atoms with Gasteiger partial charge in [0, 0.05) is 34.1 Å². The van der Waals surface area contributed by atoms with Gasteiger partial charge in [-0.15, -0.1) is 0 Å². The zero-order valence-electron chi connectivity index (χ0n) is 23.0. The Balaban J connectivity index is 1.48. The first-order valence-electron chi connectivity index (χ1n) is 14.8. The molecule has 5 aromatic carbocycles. The average Bonchev–Trinajstić information content (AvgIpc) is 3.05. The van der Waals surface area contributed by atoms with Crippen molar-refractivity contribution in [3.63, 3.8) is 0 Å². The molecule has 0 unspecified atom stereocenters. The molecule has 0 saturated heterocycles. The van der Waals surface area contributed by atoms with E-state index >= 15 is 0 Å². The van der Waals surface area contributed by atoms with Crippen molar-refractivity contribution in [3.05, 3.63) is 126 Å². The highest BCUT2D eigenvalue weighted by molar-refractivity contribution is 7.00. The summed E-state index contributed by atoms with van der Waals surface area (Å²) in [4.78, 5) is 4.91. The highest BCUT2D eigenvalue weighted by Gasteiger charge is 2.43. The van der Waals surface area contributed by atoms with E-state index in [2.05, 4.69) is 125 Å². The molecule has 0 spiro atoms. The van der Waals surface area contributed by atoms with Crippen LogP contribution in [0.4, 0.5) is 34.1 Å². The summed E-state index contributed by atoms with van der Waals surface area (Å²) in [5.74, 6) is 0.568. The van der Waals surface area contributed by atoms with Crippen LogP contribution in [-0.2, 0) is 0 Å². The van der Waals surface area contributed by atoms with E-state index in [4.69, 9.17) is 0 Å². The number of nitriles is 1. The number of rotatable bonds is 3. The van der Waals surface area contributed by atoms with Crippen molar-refractivity contribution in [2.24, 2.45) is 0 Å². The molecule has 5 aromatic rings. The van der Waals surface area contributed by atoms with Gasteiger partial charge in [-0.1, -0.05) is 73.9 Å². The Hall–Kier alpha value is -4.75. The largest absolute Gasteiger partial charge is 0.311 e. The Morgan fingerprint density at radius 3 is 1.80 bits per heavy atom. The van der Waals surface area contributed by atoms with Crippen molar-refractivity contribution < 1.29 is 0 Å². The van der Waals surface area contributed by atoms with Crippen LogP contribution in [0.25, 0.3) is 0 Å². The van der Waals surface area contributed by atoms with Crippen LogP contribution in [0.15, 0.2) is 115 Å². The van der Waals surface area contributed by atoms with Crippen LogP contribution in [0, 0.1) is 11.3 Å². The predicted octanol–water partition coefficient (Wildman–Crippen LogP) is 7.69. The molecule has 2 aliphatic heterocycles. The van der Waals surface area contributed by atoms with E-state index in [1.165, 1.54) is 76.8 Å². The Labute approximate surface area is 242 Å². The molecule has 196 valence electrons. The van der Waals surface area contributed by atoms with Crippen LogP contribution in [0.5, 0.6) is 0 Å². The lowest BCUT2D eigenvalue weighted by Gasteiger charge is -2.44. The van der Waals surface area contributed by atoms with E-state index < -0.39 is 0 Å². The minimum atomic E-state index is 0.0415. The van der Waals surface area contributed by atoms with Gasteiger partial charge < -0.3 is 9.80 Å². The van der Waals surface area contributed by atoms with Gasteiger partial charge in [0.05, 0.1) is 11.6 Å². The van der Waals surface area contributed by atoms with Crippen LogP contribution < -0.4 is 26.2 Å². The molecule has 0 radical (unpaired) electrons. The first kappa shape index (κ1) is 24.1. The molecule has 0 aromatic heterocycles. The third kappa shape index (κ3) is 3.80. The van der Waals surface area contributed by atoms with Gasteiger partial charge in [0.2, 0.25) is 0 Å². The standard InChI is InChI=1S/C37H30BN3/c39-25-26-20-21-34-32(22-26)38-31-18-10-11-19-33(31)40(29-14-6-2-7-15-29)35-23-28(27-12-4-1-5-13-27)24-36(37(35)38)41(34)30-16-8-3-9-17-30/h2-3,6-11,14-24,27H,1,4-5,12-13H2. The third-order valence-electron chi connectivity index (χ3n) is 9.23. The number of hydrogen-bond donors (Lipinski definition) is 0. The van der Waals surface area contributed by atoms with Crippen LogP contribution in [0.2, 0.25) is 0 Å². The lowest BCUT2D eigenvalue weighted by Crippen LogP contribution is -2.61. The minimum absolute atomic E-state index is 0.0415. The molecule has 1 fully saturated rings. The molecule has 3 aliphatic rings. The molecule has 0 N–H and O–H groups in total. The van der Waals surface area contributed by atoms with Gasteiger partial charge in [-0.2, -0.15) is 5.26 Å². The van der Waals surface area contributed by atoms with E-state index in [-0.39, 0.29) is 6.71 Å². The SMILES string of the molecule is N#Cc1ccc2c(c1)B1c3ccccc3N(c3ccccc3)c3cc(C4CCCCC4)cc(c31)N2c1ccccc1. The summed E-state index contributed by atoms with van der Waals surface area (Å²) < 4.78 is 0. The maximum absolute atomic E-state index is 9.94. The van der Waals surface area contributed by atoms with Crippen LogP contribution in [0.1, 0.15) is 49.1 Å². The lowest BCUT2D eigenvalue weighted by atomic mass is 9.33. The van der Waals surface area contributed by atoms with Crippen LogP contribution in [0.3, 0.4) is 0 Å². The lowest BCUT2D eigenvalue weighted by molar-refractivity contribution is 0.444. The van der Waals surface area contributed by atoms with E-state index in [1.807, 2.05) is 6.07 Å². The van der Waals surface area contributed by atoms with Gasteiger partial charge >= 0.3 is 0 Å². The monoisotopic (exact) mass is 527 g/mol. The predicted molar refractivity (Wildman–Crippen MR) is 171 cm³/mol. The van der Waals surface area contributed by atoms with E-state index in [9.17, 15) is 5.26 Å². The Morgan fingerprint density at radius 1 is 0.585 bits per heavy atom. The smallest absolute Gasteiger partial charge is 0.252 e. The summed E-state index contributed by atoms with van der Waals surface area (Å²) >= 11 is 0. The molecule has 41 heavy (non-hydrogen) atoms. The van der Waals surface area contributed by atoms with Gasteiger partial charge in [0.15, 0.2) is 0 Å². The highest BCUT2D eigenvalue weighted by Crippen LogP contribution is 2.46. The van der Waals surface area contributed by atoms with Crippen LogP contribution in [-0.4, -0.2) is 6.71 Å². The number of nitrogens with zero attached hydrogens (tertiary/aromatic N) is 3. The van der Waals surface area contributed by atoms with Gasteiger partial charge in [-0.05, 0) is 101 Å². The van der Waals surface area contributed by atoms with E-state index in [1.54, 1.807) is 0 Å². The van der Waals surface area contributed by atoms with Crippen molar-refractivity contribution in [3.8, 4) is 6.07 Å². The van der Waals surface area contributed by atoms with Gasteiger partial charge in [-0.3, -0.25) is 0 Å². The van der Waals surface area contributed by atoms with Crippen molar-refractivity contribution in [1.29, 1.82) is 5.26 Å². The number of para-hydroxylation sites is 3. The minimum Gasteiger partial charge on any atom is -0.311 e. The third-order valence-corrected chi connectivity index (χ3v) is 9.23. The number of anilines is 6. The second kappa shape index (κ2) is 9.71. The summed E-state index contributed by atoms with van der Waals surface area (Å²) in [6.45, 7) is 0.0415. The topological polar surface area (TPSA) is 30.3 Å². The number of fused-ring (bicyclic) bond motifs is 4. The summed E-state index contributed by atoms with van der Waals surface area (Å²) in [5, 5.41) is 9.94. The van der Waals surface area contributed by atoms with Gasteiger partial charge in [0.1, 0.15) is 0 Å². The quantitative estimate of drug-likeness (QED) is 0.221. The Kier molecular flexibility index (Phi) is 5.71. The second-order valence-electron chi connectivity index (χ2n) is 11.5.